The van der Waals surface area contributed by atoms with Gasteiger partial charge in [0.1, 0.15) is 0 Å². The quantitative estimate of drug-likeness (QED) is 0.710. The summed E-state index contributed by atoms with van der Waals surface area (Å²) in [6, 6.07) is 2.92. The number of hydrogen-bond acceptors (Lipinski definition) is 5. The molecule has 0 spiro atoms. The van der Waals surface area contributed by atoms with E-state index in [1.807, 2.05) is 20.8 Å². The molecule has 24 heavy (non-hydrogen) atoms. The standard InChI is InChI=1S/C17H28N2O5/c1-17(2,3)14(20)7-8-18-16(21)19-11-9-12(22-4)15(24-6)13(10-11)23-5/h9-10,14,20H,7-8H2,1-6H3,(H2,18,19,21). The molecule has 0 radical (unpaired) electrons. The number of nitrogens with one attached hydrogen (secondary N) is 2. The van der Waals surface area contributed by atoms with E-state index in [2.05, 4.69) is 10.6 Å². The van der Waals surface area contributed by atoms with Crippen LogP contribution in [-0.4, -0.2) is 45.1 Å². The van der Waals surface area contributed by atoms with Gasteiger partial charge >= 0.3 is 6.03 Å². The van der Waals surface area contributed by atoms with E-state index in [9.17, 15) is 9.90 Å². The Hall–Kier alpha value is -2.15. The lowest BCUT2D eigenvalue weighted by Crippen LogP contribution is -2.34. The van der Waals surface area contributed by atoms with E-state index in [-0.39, 0.29) is 11.4 Å². The average molecular weight is 340 g/mol. The van der Waals surface area contributed by atoms with Crippen LogP contribution in [0.2, 0.25) is 0 Å². The van der Waals surface area contributed by atoms with Crippen molar-refractivity contribution >= 4 is 11.7 Å². The third-order valence-corrected chi connectivity index (χ3v) is 3.63. The van der Waals surface area contributed by atoms with Gasteiger partial charge < -0.3 is 30.0 Å². The van der Waals surface area contributed by atoms with E-state index in [1.54, 1.807) is 12.1 Å². The Morgan fingerprint density at radius 3 is 2.08 bits per heavy atom. The second-order valence-corrected chi connectivity index (χ2v) is 6.47. The van der Waals surface area contributed by atoms with Gasteiger partial charge in [-0.1, -0.05) is 20.8 Å². The van der Waals surface area contributed by atoms with Crippen molar-refractivity contribution in [1.29, 1.82) is 0 Å². The van der Waals surface area contributed by atoms with Crippen LogP contribution >= 0.6 is 0 Å². The molecular weight excluding hydrogens is 312 g/mol. The van der Waals surface area contributed by atoms with E-state index in [0.717, 1.165) is 0 Å². The van der Waals surface area contributed by atoms with Crippen molar-refractivity contribution in [2.75, 3.05) is 33.2 Å². The molecule has 7 nitrogen and oxygen atoms in total. The van der Waals surface area contributed by atoms with Crippen molar-refractivity contribution < 1.29 is 24.1 Å². The van der Waals surface area contributed by atoms with Crippen LogP contribution in [0.5, 0.6) is 17.2 Å². The number of rotatable bonds is 7. The third kappa shape index (κ3) is 5.49. The van der Waals surface area contributed by atoms with Gasteiger partial charge in [-0.15, -0.1) is 0 Å². The van der Waals surface area contributed by atoms with Crippen molar-refractivity contribution in [3.8, 4) is 17.2 Å². The molecule has 0 heterocycles. The fourth-order valence-corrected chi connectivity index (χ4v) is 2.08. The van der Waals surface area contributed by atoms with Crippen LogP contribution in [0.25, 0.3) is 0 Å². The molecule has 1 atom stereocenters. The van der Waals surface area contributed by atoms with Gasteiger partial charge in [0, 0.05) is 18.7 Å². The first-order valence-electron chi connectivity index (χ1n) is 7.75. The van der Waals surface area contributed by atoms with Crippen LogP contribution in [0, 0.1) is 5.41 Å². The van der Waals surface area contributed by atoms with Crippen LogP contribution < -0.4 is 24.8 Å². The SMILES string of the molecule is COc1cc(NC(=O)NCCC(O)C(C)(C)C)cc(OC)c1OC. The predicted molar refractivity (Wildman–Crippen MR) is 93.2 cm³/mol. The molecule has 0 bridgehead atoms. The van der Waals surface area contributed by atoms with Crippen molar-refractivity contribution in [3.63, 3.8) is 0 Å². The summed E-state index contributed by atoms with van der Waals surface area (Å²) in [7, 11) is 4.53. The second-order valence-electron chi connectivity index (χ2n) is 6.47. The number of aliphatic hydroxyl groups excluding tert-OH is 1. The van der Waals surface area contributed by atoms with Gasteiger partial charge in [0.15, 0.2) is 11.5 Å². The Labute approximate surface area is 143 Å². The predicted octanol–water partition coefficient (Wildman–Crippen LogP) is 2.63. The summed E-state index contributed by atoms with van der Waals surface area (Å²) in [6.45, 7) is 6.23. The van der Waals surface area contributed by atoms with Crippen LogP contribution in [-0.2, 0) is 0 Å². The number of methoxy groups -OCH3 is 3. The fourth-order valence-electron chi connectivity index (χ4n) is 2.08. The summed E-state index contributed by atoms with van der Waals surface area (Å²) in [5, 5.41) is 15.4. The molecule has 0 aliphatic rings. The van der Waals surface area contributed by atoms with Gasteiger partial charge in [0.2, 0.25) is 5.75 Å². The normalized spacial score (nSPS) is 12.3. The van der Waals surface area contributed by atoms with E-state index >= 15 is 0 Å². The summed E-state index contributed by atoms with van der Waals surface area (Å²) < 4.78 is 15.7. The summed E-state index contributed by atoms with van der Waals surface area (Å²) in [6.07, 6.45) is -0.00871. The minimum atomic E-state index is -0.487. The van der Waals surface area contributed by atoms with Crippen molar-refractivity contribution in [2.45, 2.75) is 33.3 Å². The monoisotopic (exact) mass is 340 g/mol. The topological polar surface area (TPSA) is 89.1 Å². The minimum Gasteiger partial charge on any atom is -0.493 e. The lowest BCUT2D eigenvalue weighted by Gasteiger charge is -2.25. The maximum absolute atomic E-state index is 12.0. The number of hydrogen-bond donors (Lipinski definition) is 3. The lowest BCUT2D eigenvalue weighted by atomic mass is 9.87. The van der Waals surface area contributed by atoms with Gasteiger partial charge in [-0.2, -0.15) is 0 Å². The second kappa shape index (κ2) is 8.63. The molecule has 1 aromatic rings. The Kier molecular flexibility index (Phi) is 7.16. The number of benzene rings is 1. The molecule has 0 aliphatic heterocycles. The number of urea groups is 1. The maximum Gasteiger partial charge on any atom is 0.319 e. The van der Waals surface area contributed by atoms with Gasteiger partial charge in [0.25, 0.3) is 0 Å². The summed E-state index contributed by atoms with van der Waals surface area (Å²) in [5.74, 6) is 1.37. The third-order valence-electron chi connectivity index (χ3n) is 3.63. The Morgan fingerprint density at radius 2 is 1.67 bits per heavy atom. The van der Waals surface area contributed by atoms with E-state index in [1.165, 1.54) is 21.3 Å². The van der Waals surface area contributed by atoms with Crippen LogP contribution in [0.1, 0.15) is 27.2 Å². The largest absolute Gasteiger partial charge is 0.493 e. The Morgan fingerprint density at radius 1 is 1.12 bits per heavy atom. The molecule has 136 valence electrons. The highest BCUT2D eigenvalue weighted by molar-refractivity contribution is 5.90. The highest BCUT2D eigenvalue weighted by Crippen LogP contribution is 2.39. The fraction of sp³-hybridized carbons (Fsp3) is 0.588. The molecule has 0 saturated heterocycles. The number of carbonyl (C=O) groups excluding carboxylic acids is 1. The molecule has 7 heteroatoms. The highest BCUT2D eigenvalue weighted by atomic mass is 16.5. The molecule has 0 aliphatic carbocycles. The summed E-state index contributed by atoms with van der Waals surface area (Å²) in [4.78, 5) is 12.0. The van der Waals surface area contributed by atoms with Crippen LogP contribution in [0.4, 0.5) is 10.5 Å². The number of anilines is 1. The van der Waals surface area contributed by atoms with Gasteiger partial charge in [-0.25, -0.2) is 4.79 Å². The molecule has 1 unspecified atom stereocenters. The Bertz CT molecular complexity index is 529. The molecule has 1 aromatic carbocycles. The molecule has 0 fully saturated rings. The van der Waals surface area contributed by atoms with E-state index < -0.39 is 6.10 Å². The van der Waals surface area contributed by atoms with Crippen molar-refractivity contribution in [1.82, 2.24) is 5.32 Å². The van der Waals surface area contributed by atoms with Crippen molar-refractivity contribution in [3.05, 3.63) is 12.1 Å². The van der Waals surface area contributed by atoms with Crippen LogP contribution in [0.15, 0.2) is 12.1 Å². The van der Waals surface area contributed by atoms with Crippen LogP contribution in [0.3, 0.4) is 0 Å². The first-order valence-corrected chi connectivity index (χ1v) is 7.75. The number of carbonyl (C=O) groups is 1. The lowest BCUT2D eigenvalue weighted by molar-refractivity contribution is 0.0565. The average Bonchev–Trinajstić information content (AvgIpc) is 2.52. The number of aliphatic hydroxyl groups is 1. The zero-order valence-electron chi connectivity index (χ0n) is 15.2. The number of ether oxygens (including phenoxy) is 3. The van der Waals surface area contributed by atoms with Gasteiger partial charge in [-0.05, 0) is 11.8 Å². The molecule has 0 saturated carbocycles. The molecule has 0 aromatic heterocycles. The minimum absolute atomic E-state index is 0.213. The molecular formula is C17H28N2O5. The van der Waals surface area contributed by atoms with E-state index in [0.29, 0.717) is 35.9 Å². The van der Waals surface area contributed by atoms with Gasteiger partial charge in [-0.3, -0.25) is 0 Å². The zero-order valence-corrected chi connectivity index (χ0v) is 15.2. The first-order chi connectivity index (χ1) is 11.2. The smallest absolute Gasteiger partial charge is 0.319 e. The maximum atomic E-state index is 12.0. The van der Waals surface area contributed by atoms with Gasteiger partial charge in [0.05, 0.1) is 33.1 Å². The summed E-state index contributed by atoms with van der Waals surface area (Å²) in [5.41, 5.74) is 0.299. The molecule has 1 rings (SSSR count). The number of amides is 2. The highest BCUT2D eigenvalue weighted by Gasteiger charge is 2.21. The van der Waals surface area contributed by atoms with E-state index in [4.69, 9.17) is 14.2 Å². The summed E-state index contributed by atoms with van der Waals surface area (Å²) >= 11 is 0. The zero-order chi connectivity index (χ0) is 18.3. The molecule has 2 amide bonds. The first kappa shape index (κ1) is 19.9. The van der Waals surface area contributed by atoms with Crippen molar-refractivity contribution in [2.24, 2.45) is 5.41 Å². The molecule has 3 N–H and O–H groups in total. The Balaban J connectivity index is 2.67.